The van der Waals surface area contributed by atoms with Crippen LogP contribution >= 0.6 is 0 Å². The average Bonchev–Trinajstić information content (AvgIpc) is 2.45. The summed E-state index contributed by atoms with van der Waals surface area (Å²) in [5, 5.41) is 9.95. The lowest BCUT2D eigenvalue weighted by atomic mass is 9.87. The van der Waals surface area contributed by atoms with Crippen molar-refractivity contribution in [1.82, 2.24) is 0 Å². The first kappa shape index (κ1) is 9.61. The van der Waals surface area contributed by atoms with Gasteiger partial charge in [-0.15, -0.1) is 6.42 Å². The first-order valence-corrected chi connectivity index (χ1v) is 4.93. The van der Waals surface area contributed by atoms with E-state index in [0.29, 0.717) is 5.92 Å². The highest BCUT2D eigenvalue weighted by molar-refractivity contribution is 5.13. The zero-order chi connectivity index (χ0) is 9.03. The highest BCUT2D eigenvalue weighted by Crippen LogP contribution is 2.38. The minimum absolute atomic E-state index is 0.363. The average molecular weight is 166 g/mol. The van der Waals surface area contributed by atoms with Gasteiger partial charge in [-0.1, -0.05) is 25.7 Å². The van der Waals surface area contributed by atoms with Gasteiger partial charge in [-0.2, -0.15) is 0 Å². The normalized spacial score (nSPS) is 34.9. The van der Waals surface area contributed by atoms with Crippen molar-refractivity contribution in [3.63, 3.8) is 0 Å². The van der Waals surface area contributed by atoms with Gasteiger partial charge in [-0.3, -0.25) is 0 Å². The fourth-order valence-electron chi connectivity index (χ4n) is 2.08. The summed E-state index contributed by atoms with van der Waals surface area (Å²) < 4.78 is 0. The fourth-order valence-corrected chi connectivity index (χ4v) is 2.08. The molecule has 68 valence electrons. The van der Waals surface area contributed by atoms with E-state index in [9.17, 15) is 5.11 Å². The number of terminal acetylenes is 1. The number of unbranched alkanes of at least 4 members (excludes halogenated alkanes) is 1. The van der Waals surface area contributed by atoms with E-state index < -0.39 is 5.60 Å². The molecule has 2 atom stereocenters. The number of aliphatic hydroxyl groups is 1. The Morgan fingerprint density at radius 3 is 3.00 bits per heavy atom. The predicted octanol–water partition coefficient (Wildman–Crippen LogP) is 2.34. The van der Waals surface area contributed by atoms with Crippen molar-refractivity contribution >= 4 is 0 Å². The second kappa shape index (κ2) is 3.96. The minimum atomic E-state index is -0.769. The van der Waals surface area contributed by atoms with Crippen molar-refractivity contribution in [2.75, 3.05) is 0 Å². The molecule has 1 fully saturated rings. The zero-order valence-electron chi connectivity index (χ0n) is 7.84. The van der Waals surface area contributed by atoms with E-state index in [1.54, 1.807) is 0 Å². The van der Waals surface area contributed by atoms with Crippen LogP contribution in [0, 0.1) is 18.3 Å². The van der Waals surface area contributed by atoms with E-state index in [1.807, 2.05) is 0 Å². The van der Waals surface area contributed by atoms with Crippen LogP contribution in [0.25, 0.3) is 0 Å². The molecule has 1 aliphatic rings. The summed E-state index contributed by atoms with van der Waals surface area (Å²) in [5.41, 5.74) is -0.769. The van der Waals surface area contributed by atoms with Crippen LogP contribution in [0.5, 0.6) is 0 Å². The summed E-state index contributed by atoms with van der Waals surface area (Å²) in [7, 11) is 0. The molecule has 0 aliphatic heterocycles. The standard InChI is InChI=1S/C11H18O/c1-3-5-7-10-8-6-9-11(10,12)4-2/h2,10,12H,3,5-9H2,1H3/t10-,11+/m1/s1. The van der Waals surface area contributed by atoms with Crippen molar-refractivity contribution in [3.05, 3.63) is 0 Å². The Morgan fingerprint density at radius 2 is 2.42 bits per heavy atom. The molecular weight excluding hydrogens is 148 g/mol. The summed E-state index contributed by atoms with van der Waals surface area (Å²) in [6.07, 6.45) is 11.8. The molecule has 0 aromatic carbocycles. The van der Waals surface area contributed by atoms with Gasteiger partial charge < -0.3 is 5.11 Å². The Bertz CT molecular complexity index is 180. The Labute approximate surface area is 75.2 Å². The highest BCUT2D eigenvalue weighted by Gasteiger charge is 2.38. The van der Waals surface area contributed by atoms with Gasteiger partial charge in [-0.05, 0) is 31.6 Å². The van der Waals surface area contributed by atoms with Crippen LogP contribution in [0.1, 0.15) is 45.4 Å². The molecule has 1 saturated carbocycles. The molecule has 0 bridgehead atoms. The van der Waals surface area contributed by atoms with Crippen molar-refractivity contribution in [1.29, 1.82) is 0 Å². The minimum Gasteiger partial charge on any atom is -0.377 e. The van der Waals surface area contributed by atoms with E-state index in [2.05, 4.69) is 12.8 Å². The molecule has 1 heteroatoms. The van der Waals surface area contributed by atoms with Gasteiger partial charge in [-0.25, -0.2) is 0 Å². The summed E-state index contributed by atoms with van der Waals surface area (Å²) >= 11 is 0. The summed E-state index contributed by atoms with van der Waals surface area (Å²) in [4.78, 5) is 0. The molecule has 1 N–H and O–H groups in total. The van der Waals surface area contributed by atoms with E-state index in [-0.39, 0.29) is 0 Å². The second-order valence-corrected chi connectivity index (χ2v) is 3.80. The van der Waals surface area contributed by atoms with Crippen LogP contribution in [-0.2, 0) is 0 Å². The van der Waals surface area contributed by atoms with Crippen molar-refractivity contribution in [2.45, 2.75) is 51.0 Å². The maximum absolute atomic E-state index is 9.95. The quantitative estimate of drug-likeness (QED) is 0.638. The molecule has 0 aromatic rings. The van der Waals surface area contributed by atoms with Crippen LogP contribution in [0.2, 0.25) is 0 Å². The molecule has 0 saturated heterocycles. The smallest absolute Gasteiger partial charge is 0.128 e. The molecule has 0 unspecified atom stereocenters. The van der Waals surface area contributed by atoms with E-state index >= 15 is 0 Å². The maximum atomic E-state index is 9.95. The monoisotopic (exact) mass is 166 g/mol. The number of hydrogen-bond acceptors (Lipinski definition) is 1. The zero-order valence-corrected chi connectivity index (χ0v) is 7.84. The Morgan fingerprint density at radius 1 is 1.67 bits per heavy atom. The van der Waals surface area contributed by atoms with Crippen LogP contribution in [0.3, 0.4) is 0 Å². The molecule has 0 amide bonds. The highest BCUT2D eigenvalue weighted by atomic mass is 16.3. The van der Waals surface area contributed by atoms with Gasteiger partial charge in [0, 0.05) is 0 Å². The molecule has 0 aromatic heterocycles. The molecule has 12 heavy (non-hydrogen) atoms. The van der Waals surface area contributed by atoms with Crippen molar-refractivity contribution < 1.29 is 5.11 Å². The van der Waals surface area contributed by atoms with Crippen molar-refractivity contribution in [2.24, 2.45) is 5.92 Å². The number of rotatable bonds is 3. The van der Waals surface area contributed by atoms with Crippen LogP contribution < -0.4 is 0 Å². The lowest BCUT2D eigenvalue weighted by Gasteiger charge is -2.24. The van der Waals surface area contributed by atoms with E-state index in [1.165, 1.54) is 12.8 Å². The van der Waals surface area contributed by atoms with Gasteiger partial charge in [0.05, 0.1) is 0 Å². The molecule has 1 nitrogen and oxygen atoms in total. The lowest BCUT2D eigenvalue weighted by molar-refractivity contribution is 0.0564. The summed E-state index contributed by atoms with van der Waals surface area (Å²) in [5.74, 6) is 2.92. The molecule has 0 radical (unpaired) electrons. The Hall–Kier alpha value is -0.480. The third-order valence-corrected chi connectivity index (χ3v) is 2.94. The SMILES string of the molecule is C#C[C@]1(O)CCC[C@H]1CCCC. The molecule has 1 rings (SSSR count). The van der Waals surface area contributed by atoms with Crippen LogP contribution in [-0.4, -0.2) is 10.7 Å². The predicted molar refractivity (Wildman–Crippen MR) is 50.6 cm³/mol. The van der Waals surface area contributed by atoms with E-state index in [4.69, 9.17) is 6.42 Å². The molecule has 0 heterocycles. The topological polar surface area (TPSA) is 20.2 Å². The van der Waals surface area contributed by atoms with Gasteiger partial charge >= 0.3 is 0 Å². The third-order valence-electron chi connectivity index (χ3n) is 2.94. The van der Waals surface area contributed by atoms with Gasteiger partial charge in [0.2, 0.25) is 0 Å². The Balaban J connectivity index is 2.47. The van der Waals surface area contributed by atoms with Gasteiger partial charge in [0.15, 0.2) is 0 Å². The van der Waals surface area contributed by atoms with E-state index in [0.717, 1.165) is 25.7 Å². The fraction of sp³-hybridized carbons (Fsp3) is 0.818. The van der Waals surface area contributed by atoms with Gasteiger partial charge in [0.1, 0.15) is 5.60 Å². The second-order valence-electron chi connectivity index (χ2n) is 3.80. The molecular formula is C11H18O. The first-order chi connectivity index (χ1) is 5.73. The summed E-state index contributed by atoms with van der Waals surface area (Å²) in [6, 6.07) is 0. The van der Waals surface area contributed by atoms with Crippen molar-refractivity contribution in [3.8, 4) is 12.3 Å². The largest absolute Gasteiger partial charge is 0.377 e. The Kier molecular flexibility index (Phi) is 3.17. The van der Waals surface area contributed by atoms with Crippen LogP contribution in [0.4, 0.5) is 0 Å². The van der Waals surface area contributed by atoms with Crippen LogP contribution in [0.15, 0.2) is 0 Å². The molecule has 0 spiro atoms. The first-order valence-electron chi connectivity index (χ1n) is 4.93. The number of hydrogen-bond donors (Lipinski definition) is 1. The summed E-state index contributed by atoms with van der Waals surface area (Å²) in [6.45, 7) is 2.17. The van der Waals surface area contributed by atoms with Gasteiger partial charge in [0.25, 0.3) is 0 Å². The maximum Gasteiger partial charge on any atom is 0.128 e. The lowest BCUT2D eigenvalue weighted by Crippen LogP contribution is -2.30. The third kappa shape index (κ3) is 1.81. The molecule has 1 aliphatic carbocycles.